The van der Waals surface area contributed by atoms with E-state index in [1.165, 1.54) is 6.26 Å². The third-order valence-corrected chi connectivity index (χ3v) is 3.85. The van der Waals surface area contributed by atoms with E-state index in [4.69, 9.17) is 10.2 Å². The number of carbonyl (C=O) groups is 1. The monoisotopic (exact) mass is 300 g/mol. The van der Waals surface area contributed by atoms with Crippen LogP contribution in [0.1, 0.15) is 36.7 Å². The van der Waals surface area contributed by atoms with Crippen LogP contribution < -0.4 is 5.73 Å². The molecule has 4 nitrogen and oxygen atoms in total. The number of furan rings is 1. The van der Waals surface area contributed by atoms with Gasteiger partial charge in [0.15, 0.2) is 0 Å². The van der Waals surface area contributed by atoms with Crippen molar-refractivity contribution in [2.75, 3.05) is 6.54 Å². The van der Waals surface area contributed by atoms with E-state index in [9.17, 15) is 4.79 Å². The molecule has 2 heterocycles. The van der Waals surface area contributed by atoms with E-state index < -0.39 is 0 Å². The first kappa shape index (κ1) is 12.6. The number of halogens is 1. The van der Waals surface area contributed by atoms with Gasteiger partial charge in [0.2, 0.25) is 5.76 Å². The number of rotatable bonds is 2. The number of likely N-dealkylation sites (tertiary alicyclic amines) is 1. The van der Waals surface area contributed by atoms with Crippen molar-refractivity contribution in [3.05, 3.63) is 22.6 Å². The van der Waals surface area contributed by atoms with E-state index in [2.05, 4.69) is 15.9 Å². The van der Waals surface area contributed by atoms with Crippen molar-refractivity contribution in [1.29, 1.82) is 0 Å². The summed E-state index contributed by atoms with van der Waals surface area (Å²) in [4.78, 5) is 14.2. The van der Waals surface area contributed by atoms with Gasteiger partial charge in [-0.15, -0.1) is 0 Å². The van der Waals surface area contributed by atoms with Gasteiger partial charge in [0.25, 0.3) is 5.91 Å². The summed E-state index contributed by atoms with van der Waals surface area (Å²) in [5, 5.41) is 0. The van der Waals surface area contributed by atoms with E-state index in [1.807, 2.05) is 11.8 Å². The lowest BCUT2D eigenvalue weighted by atomic mass is 9.96. The third kappa shape index (κ3) is 2.55. The highest BCUT2D eigenvalue weighted by atomic mass is 79.9. The summed E-state index contributed by atoms with van der Waals surface area (Å²) < 4.78 is 5.93. The molecule has 94 valence electrons. The topological polar surface area (TPSA) is 59.5 Å². The fourth-order valence-corrected chi connectivity index (χ4v) is 2.70. The maximum atomic E-state index is 12.3. The first-order valence-electron chi connectivity index (χ1n) is 5.91. The van der Waals surface area contributed by atoms with E-state index in [0.717, 1.165) is 25.8 Å². The summed E-state index contributed by atoms with van der Waals surface area (Å²) in [6.07, 6.45) is 4.66. The molecule has 0 saturated carbocycles. The Labute approximate surface area is 109 Å². The van der Waals surface area contributed by atoms with Crippen LogP contribution in [0, 0.1) is 0 Å². The normalized spacial score (nSPS) is 22.5. The number of hydrogen-bond acceptors (Lipinski definition) is 3. The summed E-state index contributed by atoms with van der Waals surface area (Å²) in [6.45, 7) is 2.71. The molecular weight excluding hydrogens is 284 g/mol. The minimum Gasteiger partial charge on any atom is -0.458 e. The van der Waals surface area contributed by atoms with Gasteiger partial charge >= 0.3 is 0 Å². The zero-order chi connectivity index (χ0) is 12.4. The van der Waals surface area contributed by atoms with E-state index >= 15 is 0 Å². The van der Waals surface area contributed by atoms with Crippen LogP contribution in [-0.2, 0) is 0 Å². The van der Waals surface area contributed by atoms with Crippen molar-refractivity contribution in [3.8, 4) is 0 Å². The number of piperidine rings is 1. The molecule has 1 aromatic heterocycles. The number of carbonyl (C=O) groups excluding carboxylic acids is 1. The van der Waals surface area contributed by atoms with Crippen LogP contribution in [0.2, 0.25) is 0 Å². The Kier molecular flexibility index (Phi) is 3.89. The van der Waals surface area contributed by atoms with E-state index in [0.29, 0.717) is 10.2 Å². The number of hydrogen-bond donors (Lipinski definition) is 1. The zero-order valence-corrected chi connectivity index (χ0v) is 11.4. The molecule has 0 unspecified atom stereocenters. The Bertz CT molecular complexity index is 403. The average molecular weight is 301 g/mol. The van der Waals surface area contributed by atoms with Crippen LogP contribution in [0.15, 0.2) is 21.2 Å². The highest BCUT2D eigenvalue weighted by Crippen LogP contribution is 2.25. The van der Waals surface area contributed by atoms with Crippen LogP contribution >= 0.6 is 15.9 Å². The summed E-state index contributed by atoms with van der Waals surface area (Å²) in [7, 11) is 0. The number of amides is 1. The van der Waals surface area contributed by atoms with Crippen molar-refractivity contribution in [3.63, 3.8) is 0 Å². The molecule has 1 saturated heterocycles. The van der Waals surface area contributed by atoms with Crippen molar-refractivity contribution >= 4 is 21.8 Å². The molecule has 17 heavy (non-hydrogen) atoms. The second-order valence-electron chi connectivity index (χ2n) is 4.52. The SMILES string of the molecule is C[C@@H](N)[C@H]1CCCCN1C(=O)c1occc1Br. The summed E-state index contributed by atoms with van der Waals surface area (Å²) in [5.74, 6) is 0.307. The fourth-order valence-electron chi connectivity index (χ4n) is 2.33. The molecule has 1 amide bonds. The molecule has 0 radical (unpaired) electrons. The summed E-state index contributed by atoms with van der Waals surface area (Å²) in [5.41, 5.74) is 5.95. The van der Waals surface area contributed by atoms with E-state index in [-0.39, 0.29) is 18.0 Å². The Hall–Kier alpha value is -0.810. The highest BCUT2D eigenvalue weighted by molar-refractivity contribution is 9.10. The first-order valence-corrected chi connectivity index (χ1v) is 6.70. The Balaban J connectivity index is 2.20. The molecule has 1 aliphatic heterocycles. The Morgan fingerprint density at radius 3 is 3.00 bits per heavy atom. The quantitative estimate of drug-likeness (QED) is 0.912. The minimum absolute atomic E-state index is 0.00649. The van der Waals surface area contributed by atoms with Crippen LogP contribution in [0.4, 0.5) is 0 Å². The Morgan fingerprint density at radius 1 is 1.65 bits per heavy atom. The predicted octanol–water partition coefficient (Wildman–Crippen LogP) is 2.38. The number of nitrogens with two attached hydrogens (primary N) is 1. The van der Waals surface area contributed by atoms with Gasteiger partial charge in [-0.2, -0.15) is 0 Å². The fraction of sp³-hybridized carbons (Fsp3) is 0.583. The Morgan fingerprint density at radius 2 is 2.41 bits per heavy atom. The molecule has 2 rings (SSSR count). The second kappa shape index (κ2) is 5.23. The van der Waals surface area contributed by atoms with Crippen LogP contribution in [0.3, 0.4) is 0 Å². The third-order valence-electron chi connectivity index (χ3n) is 3.23. The van der Waals surface area contributed by atoms with Gasteiger partial charge in [0.05, 0.1) is 10.7 Å². The predicted molar refractivity (Wildman–Crippen MR) is 68.7 cm³/mol. The lowest BCUT2D eigenvalue weighted by Gasteiger charge is -2.37. The maximum absolute atomic E-state index is 12.3. The molecule has 0 aliphatic carbocycles. The van der Waals surface area contributed by atoms with Crippen molar-refractivity contribution in [2.45, 2.75) is 38.3 Å². The smallest absolute Gasteiger partial charge is 0.291 e. The summed E-state index contributed by atoms with van der Waals surface area (Å²) >= 11 is 3.32. The lowest BCUT2D eigenvalue weighted by Crippen LogP contribution is -2.51. The maximum Gasteiger partial charge on any atom is 0.291 e. The van der Waals surface area contributed by atoms with E-state index in [1.54, 1.807) is 6.07 Å². The van der Waals surface area contributed by atoms with Gasteiger partial charge < -0.3 is 15.1 Å². The van der Waals surface area contributed by atoms with Crippen LogP contribution in [-0.4, -0.2) is 29.4 Å². The molecule has 2 atom stereocenters. The lowest BCUT2D eigenvalue weighted by molar-refractivity contribution is 0.0550. The van der Waals surface area contributed by atoms with Gasteiger partial charge in [-0.25, -0.2) is 0 Å². The minimum atomic E-state index is -0.0659. The average Bonchev–Trinajstić information content (AvgIpc) is 2.74. The molecule has 1 aliphatic rings. The second-order valence-corrected chi connectivity index (χ2v) is 5.37. The van der Waals surface area contributed by atoms with Gasteiger partial charge in [-0.05, 0) is 48.2 Å². The first-order chi connectivity index (χ1) is 8.11. The number of nitrogens with zero attached hydrogens (tertiary/aromatic N) is 1. The summed E-state index contributed by atoms with van der Waals surface area (Å²) in [6, 6.07) is 1.85. The molecule has 5 heteroatoms. The van der Waals surface area contributed by atoms with Crippen molar-refractivity contribution in [1.82, 2.24) is 4.90 Å². The molecule has 1 aromatic rings. The zero-order valence-electron chi connectivity index (χ0n) is 9.86. The van der Waals surface area contributed by atoms with Crippen LogP contribution in [0.25, 0.3) is 0 Å². The molecule has 0 aromatic carbocycles. The standard InChI is InChI=1S/C12H17BrN2O2/c1-8(14)10-4-2-3-6-15(10)12(16)11-9(13)5-7-17-11/h5,7-8,10H,2-4,6,14H2,1H3/t8-,10-/m1/s1. The molecule has 0 spiro atoms. The molecule has 0 bridgehead atoms. The largest absolute Gasteiger partial charge is 0.458 e. The van der Waals surface area contributed by atoms with Gasteiger partial charge in [0, 0.05) is 18.6 Å². The van der Waals surface area contributed by atoms with Crippen LogP contribution in [0.5, 0.6) is 0 Å². The van der Waals surface area contributed by atoms with Gasteiger partial charge in [-0.3, -0.25) is 4.79 Å². The highest BCUT2D eigenvalue weighted by Gasteiger charge is 2.31. The molecule has 1 fully saturated rings. The van der Waals surface area contributed by atoms with Gasteiger partial charge in [-0.1, -0.05) is 0 Å². The molecule has 2 N–H and O–H groups in total. The van der Waals surface area contributed by atoms with Gasteiger partial charge in [0.1, 0.15) is 0 Å². The molecular formula is C12H17BrN2O2. The van der Waals surface area contributed by atoms with Crippen molar-refractivity contribution < 1.29 is 9.21 Å². The van der Waals surface area contributed by atoms with Crippen molar-refractivity contribution in [2.24, 2.45) is 5.73 Å².